The number of aromatic nitrogens is 1. The van der Waals surface area contributed by atoms with Crippen molar-refractivity contribution in [3.63, 3.8) is 0 Å². The first-order valence-electron chi connectivity index (χ1n) is 5.27. The summed E-state index contributed by atoms with van der Waals surface area (Å²) in [5, 5.41) is 6.87. The maximum atomic E-state index is 11.0. The van der Waals surface area contributed by atoms with E-state index in [1.807, 2.05) is 18.3 Å². The van der Waals surface area contributed by atoms with Crippen LogP contribution in [0, 0.1) is 0 Å². The maximum Gasteiger partial charge on any atom is 0.233 e. The van der Waals surface area contributed by atoms with Gasteiger partial charge in [-0.25, -0.2) is 0 Å². The maximum absolute atomic E-state index is 11.0. The van der Waals surface area contributed by atoms with Crippen LogP contribution in [0.5, 0.6) is 0 Å². The Morgan fingerprint density at radius 2 is 2.18 bits per heavy atom. The van der Waals surface area contributed by atoms with Crippen LogP contribution in [0.2, 0.25) is 0 Å². The zero-order valence-corrected chi connectivity index (χ0v) is 10.4. The molecule has 0 radical (unpaired) electrons. The van der Waals surface area contributed by atoms with Gasteiger partial charge in [0.1, 0.15) is 0 Å². The van der Waals surface area contributed by atoms with Crippen LogP contribution < -0.4 is 10.6 Å². The fraction of sp³-hybridized carbons (Fsp3) is 0.250. The number of rotatable bonds is 4. The van der Waals surface area contributed by atoms with Gasteiger partial charge < -0.3 is 15.6 Å². The van der Waals surface area contributed by atoms with Gasteiger partial charge >= 0.3 is 0 Å². The third-order valence-corrected chi connectivity index (χ3v) is 2.55. The van der Waals surface area contributed by atoms with E-state index in [2.05, 4.69) is 27.8 Å². The SMILES string of the molecule is CNC(=O)CNCc1cccc2cc[nH]c12.Cl. The number of H-pyrrole nitrogens is 1. The van der Waals surface area contributed by atoms with Gasteiger partial charge in [-0.2, -0.15) is 0 Å². The molecule has 17 heavy (non-hydrogen) atoms. The molecule has 0 fully saturated rings. The minimum absolute atomic E-state index is 0. The van der Waals surface area contributed by atoms with Gasteiger partial charge in [-0.1, -0.05) is 18.2 Å². The fourth-order valence-corrected chi connectivity index (χ4v) is 1.70. The number of benzene rings is 1. The number of carbonyl (C=O) groups is 1. The number of para-hydroxylation sites is 1. The molecule has 1 heterocycles. The molecular formula is C12H16ClN3O. The van der Waals surface area contributed by atoms with Crippen molar-refractivity contribution in [1.82, 2.24) is 15.6 Å². The monoisotopic (exact) mass is 253 g/mol. The molecule has 0 aliphatic rings. The summed E-state index contributed by atoms with van der Waals surface area (Å²) >= 11 is 0. The van der Waals surface area contributed by atoms with Gasteiger partial charge in [0.15, 0.2) is 0 Å². The smallest absolute Gasteiger partial charge is 0.233 e. The molecule has 3 N–H and O–H groups in total. The fourth-order valence-electron chi connectivity index (χ4n) is 1.70. The first-order chi connectivity index (χ1) is 7.81. The molecular weight excluding hydrogens is 238 g/mol. The van der Waals surface area contributed by atoms with Crippen LogP contribution in [0.3, 0.4) is 0 Å². The van der Waals surface area contributed by atoms with E-state index in [1.54, 1.807) is 7.05 Å². The number of amides is 1. The van der Waals surface area contributed by atoms with E-state index in [0.29, 0.717) is 13.1 Å². The van der Waals surface area contributed by atoms with Crippen molar-refractivity contribution in [1.29, 1.82) is 0 Å². The standard InChI is InChI=1S/C12H15N3O.ClH/c1-13-11(16)8-14-7-10-4-2-3-9-5-6-15-12(9)10;/h2-6,14-15H,7-8H2,1H3,(H,13,16);1H. The largest absolute Gasteiger partial charge is 0.361 e. The van der Waals surface area contributed by atoms with Crippen LogP contribution in [0.4, 0.5) is 0 Å². The summed E-state index contributed by atoms with van der Waals surface area (Å²) in [4.78, 5) is 14.2. The van der Waals surface area contributed by atoms with Crippen LogP contribution in [-0.2, 0) is 11.3 Å². The molecule has 1 aromatic heterocycles. The van der Waals surface area contributed by atoms with Gasteiger partial charge in [0.25, 0.3) is 0 Å². The number of nitrogens with one attached hydrogen (secondary N) is 3. The summed E-state index contributed by atoms with van der Waals surface area (Å²) in [7, 11) is 1.63. The predicted octanol–water partition coefficient (Wildman–Crippen LogP) is 1.43. The molecule has 1 amide bonds. The quantitative estimate of drug-likeness (QED) is 0.772. The highest BCUT2D eigenvalue weighted by atomic mass is 35.5. The van der Waals surface area contributed by atoms with Gasteiger partial charge in [-0.15, -0.1) is 12.4 Å². The summed E-state index contributed by atoms with van der Waals surface area (Å²) in [6, 6.07) is 8.18. The lowest BCUT2D eigenvalue weighted by Crippen LogP contribution is -2.31. The molecule has 0 unspecified atom stereocenters. The molecule has 0 aliphatic carbocycles. The highest BCUT2D eigenvalue weighted by Gasteiger charge is 2.02. The van der Waals surface area contributed by atoms with Gasteiger partial charge in [0.05, 0.1) is 6.54 Å². The molecule has 0 bridgehead atoms. The highest BCUT2D eigenvalue weighted by Crippen LogP contribution is 2.16. The number of likely N-dealkylation sites (N-methyl/N-ethyl adjacent to an activating group) is 1. The Hall–Kier alpha value is -1.52. The molecule has 1 aromatic carbocycles. The third kappa shape index (κ3) is 3.22. The summed E-state index contributed by atoms with van der Waals surface area (Å²) in [5.74, 6) is -0.00124. The molecule has 2 rings (SSSR count). The van der Waals surface area contributed by atoms with E-state index in [4.69, 9.17) is 0 Å². The van der Waals surface area contributed by atoms with E-state index < -0.39 is 0 Å². The topological polar surface area (TPSA) is 56.9 Å². The summed E-state index contributed by atoms with van der Waals surface area (Å²) < 4.78 is 0. The first kappa shape index (κ1) is 13.5. The number of fused-ring (bicyclic) bond motifs is 1. The van der Waals surface area contributed by atoms with Gasteiger partial charge in [0.2, 0.25) is 5.91 Å². The lowest BCUT2D eigenvalue weighted by molar-refractivity contribution is -0.119. The third-order valence-electron chi connectivity index (χ3n) is 2.55. The Morgan fingerprint density at radius 1 is 1.35 bits per heavy atom. The van der Waals surface area contributed by atoms with Crippen LogP contribution in [0.15, 0.2) is 30.5 Å². The predicted molar refractivity (Wildman–Crippen MR) is 71.3 cm³/mol. The average Bonchev–Trinajstić information content (AvgIpc) is 2.77. The minimum atomic E-state index is -0.00124. The van der Waals surface area contributed by atoms with Crippen LogP contribution >= 0.6 is 12.4 Å². The summed E-state index contributed by atoms with van der Waals surface area (Å²) in [5.41, 5.74) is 2.30. The summed E-state index contributed by atoms with van der Waals surface area (Å²) in [6.07, 6.45) is 1.92. The Bertz CT molecular complexity index is 495. The van der Waals surface area contributed by atoms with E-state index in [0.717, 1.165) is 5.52 Å². The second-order valence-electron chi connectivity index (χ2n) is 3.64. The lowest BCUT2D eigenvalue weighted by Gasteiger charge is -2.05. The van der Waals surface area contributed by atoms with Crippen molar-refractivity contribution >= 4 is 29.2 Å². The van der Waals surface area contributed by atoms with Gasteiger partial charge in [0, 0.05) is 25.3 Å². The zero-order valence-electron chi connectivity index (χ0n) is 9.62. The number of aromatic amines is 1. The molecule has 0 saturated carbocycles. The molecule has 92 valence electrons. The number of hydrogen-bond acceptors (Lipinski definition) is 2. The van der Waals surface area contributed by atoms with Crippen LogP contribution in [-0.4, -0.2) is 24.5 Å². The first-order valence-corrected chi connectivity index (χ1v) is 5.27. The van der Waals surface area contributed by atoms with Crippen molar-refractivity contribution in [2.24, 2.45) is 0 Å². The molecule has 0 atom stereocenters. The summed E-state index contributed by atoms with van der Waals surface area (Å²) in [6.45, 7) is 1.03. The van der Waals surface area contributed by atoms with Crippen molar-refractivity contribution in [3.05, 3.63) is 36.0 Å². The van der Waals surface area contributed by atoms with E-state index >= 15 is 0 Å². The highest BCUT2D eigenvalue weighted by molar-refractivity contribution is 5.85. The van der Waals surface area contributed by atoms with Crippen molar-refractivity contribution in [3.8, 4) is 0 Å². The van der Waals surface area contributed by atoms with Crippen LogP contribution in [0.1, 0.15) is 5.56 Å². The second kappa shape index (κ2) is 6.27. The Labute approximate surface area is 106 Å². The van der Waals surface area contributed by atoms with Crippen molar-refractivity contribution < 1.29 is 4.79 Å². The molecule has 4 nitrogen and oxygen atoms in total. The molecule has 0 saturated heterocycles. The molecule has 0 spiro atoms. The average molecular weight is 254 g/mol. The number of hydrogen-bond donors (Lipinski definition) is 3. The Morgan fingerprint density at radius 3 is 2.94 bits per heavy atom. The van der Waals surface area contributed by atoms with E-state index in [-0.39, 0.29) is 18.3 Å². The number of carbonyl (C=O) groups excluding carboxylic acids is 1. The van der Waals surface area contributed by atoms with Crippen LogP contribution in [0.25, 0.3) is 10.9 Å². The molecule has 0 aliphatic heterocycles. The zero-order chi connectivity index (χ0) is 11.4. The lowest BCUT2D eigenvalue weighted by atomic mass is 10.1. The van der Waals surface area contributed by atoms with Gasteiger partial charge in [-0.05, 0) is 17.0 Å². The minimum Gasteiger partial charge on any atom is -0.361 e. The number of halogens is 1. The van der Waals surface area contributed by atoms with Crippen molar-refractivity contribution in [2.45, 2.75) is 6.54 Å². The van der Waals surface area contributed by atoms with Gasteiger partial charge in [-0.3, -0.25) is 4.79 Å². The normalized spacial score (nSPS) is 9.94. The van der Waals surface area contributed by atoms with E-state index in [9.17, 15) is 4.79 Å². The molecule has 5 heteroatoms. The molecule has 2 aromatic rings. The van der Waals surface area contributed by atoms with Crippen molar-refractivity contribution in [2.75, 3.05) is 13.6 Å². The van der Waals surface area contributed by atoms with E-state index in [1.165, 1.54) is 10.9 Å². The second-order valence-corrected chi connectivity index (χ2v) is 3.64. The Balaban J connectivity index is 0.00000144. The Kier molecular flexibility index (Phi) is 5.00.